The molecular formula is C13H17N3S. The minimum atomic E-state index is -0.00535. The second kappa shape index (κ2) is 5.38. The van der Waals surface area contributed by atoms with Crippen molar-refractivity contribution in [3.8, 4) is 11.3 Å². The average molecular weight is 247 g/mol. The van der Waals surface area contributed by atoms with E-state index >= 15 is 0 Å². The number of thioether (sulfide) groups is 1. The molecular weight excluding hydrogens is 230 g/mol. The molecule has 1 atom stereocenters. The van der Waals surface area contributed by atoms with Crippen LogP contribution in [0, 0.1) is 0 Å². The average Bonchev–Trinajstić information content (AvgIpc) is 2.87. The molecule has 0 saturated heterocycles. The van der Waals surface area contributed by atoms with Crippen LogP contribution in [0.25, 0.3) is 11.3 Å². The van der Waals surface area contributed by atoms with Crippen LogP contribution in [0.5, 0.6) is 0 Å². The van der Waals surface area contributed by atoms with Crippen LogP contribution in [0.15, 0.2) is 35.4 Å². The van der Waals surface area contributed by atoms with Crippen molar-refractivity contribution in [2.45, 2.75) is 24.3 Å². The first-order valence-corrected chi connectivity index (χ1v) is 6.92. The Bertz CT molecular complexity index is 476. The summed E-state index contributed by atoms with van der Waals surface area (Å²) < 4.78 is 0. The third-order valence-electron chi connectivity index (χ3n) is 2.79. The molecule has 3 N–H and O–H groups in total. The summed E-state index contributed by atoms with van der Waals surface area (Å²) >= 11 is 1.74. The van der Waals surface area contributed by atoms with E-state index in [1.165, 1.54) is 4.90 Å². The Morgan fingerprint density at radius 3 is 2.65 bits per heavy atom. The van der Waals surface area contributed by atoms with Gasteiger partial charge in [-0.1, -0.05) is 19.1 Å². The molecule has 0 radical (unpaired) electrons. The Morgan fingerprint density at radius 2 is 2.06 bits per heavy atom. The molecule has 0 amide bonds. The van der Waals surface area contributed by atoms with E-state index in [0.717, 1.165) is 23.5 Å². The Hall–Kier alpha value is -1.26. The lowest BCUT2D eigenvalue weighted by Crippen LogP contribution is -2.10. The summed E-state index contributed by atoms with van der Waals surface area (Å²) in [6, 6.07) is 8.41. The smallest absolute Gasteiger partial charge is 0.123 e. The molecule has 0 bridgehead atoms. The topological polar surface area (TPSA) is 54.7 Å². The van der Waals surface area contributed by atoms with Gasteiger partial charge in [-0.05, 0) is 30.4 Å². The second-order valence-corrected chi connectivity index (χ2v) is 4.81. The van der Waals surface area contributed by atoms with Gasteiger partial charge >= 0.3 is 0 Å². The molecule has 1 heterocycles. The molecule has 0 aliphatic rings. The lowest BCUT2D eigenvalue weighted by atomic mass is 10.2. The fourth-order valence-electron chi connectivity index (χ4n) is 1.64. The number of aromatic nitrogens is 2. The predicted octanol–water partition coefficient (Wildman–Crippen LogP) is 3.21. The van der Waals surface area contributed by atoms with Crippen molar-refractivity contribution in [1.82, 2.24) is 9.97 Å². The summed E-state index contributed by atoms with van der Waals surface area (Å²) in [5.74, 6) is 0.858. The molecule has 0 spiro atoms. The van der Waals surface area contributed by atoms with E-state index in [1.54, 1.807) is 11.8 Å². The molecule has 0 aliphatic heterocycles. The second-order valence-electron chi connectivity index (χ2n) is 3.93. The zero-order valence-corrected chi connectivity index (χ0v) is 10.9. The Labute approximate surface area is 106 Å². The lowest BCUT2D eigenvalue weighted by Gasteiger charge is -2.04. The third kappa shape index (κ3) is 2.70. The van der Waals surface area contributed by atoms with Crippen LogP contribution in [0.4, 0.5) is 0 Å². The van der Waals surface area contributed by atoms with Crippen molar-refractivity contribution in [2.75, 3.05) is 6.26 Å². The van der Waals surface area contributed by atoms with E-state index in [9.17, 15) is 0 Å². The molecule has 17 heavy (non-hydrogen) atoms. The number of hydrogen-bond donors (Lipinski definition) is 2. The number of imidazole rings is 1. The fraction of sp³-hybridized carbons (Fsp3) is 0.308. The van der Waals surface area contributed by atoms with Gasteiger partial charge < -0.3 is 10.7 Å². The van der Waals surface area contributed by atoms with Crippen LogP contribution < -0.4 is 5.73 Å². The number of aromatic amines is 1. The van der Waals surface area contributed by atoms with E-state index in [4.69, 9.17) is 5.73 Å². The highest BCUT2D eigenvalue weighted by atomic mass is 32.2. The number of rotatable bonds is 4. The first-order chi connectivity index (χ1) is 8.24. The lowest BCUT2D eigenvalue weighted by molar-refractivity contribution is 0.658. The van der Waals surface area contributed by atoms with Gasteiger partial charge in [-0.3, -0.25) is 0 Å². The first kappa shape index (κ1) is 12.2. The Balaban J connectivity index is 2.24. The number of nitrogens with zero attached hydrogens (tertiary/aromatic N) is 1. The zero-order valence-electron chi connectivity index (χ0n) is 10.1. The summed E-state index contributed by atoms with van der Waals surface area (Å²) in [5.41, 5.74) is 8.10. The molecule has 3 nitrogen and oxygen atoms in total. The largest absolute Gasteiger partial charge is 0.341 e. The van der Waals surface area contributed by atoms with Crippen LogP contribution in [0.1, 0.15) is 25.2 Å². The normalized spacial score (nSPS) is 12.6. The van der Waals surface area contributed by atoms with Gasteiger partial charge in [0.1, 0.15) is 5.82 Å². The van der Waals surface area contributed by atoms with E-state index in [2.05, 4.69) is 47.4 Å². The standard InChI is InChI=1S/C13H17N3S/c1-3-11(14)13-15-8-12(16-13)9-4-6-10(17-2)7-5-9/h4-8,11H,3,14H2,1-2H3,(H,15,16)/t11-/m1/s1. The molecule has 0 aliphatic carbocycles. The van der Waals surface area contributed by atoms with Gasteiger partial charge in [0.2, 0.25) is 0 Å². The summed E-state index contributed by atoms with van der Waals surface area (Å²) in [6.07, 6.45) is 4.81. The van der Waals surface area contributed by atoms with E-state index in [1.807, 2.05) is 6.20 Å². The van der Waals surface area contributed by atoms with Gasteiger partial charge in [0.05, 0.1) is 17.9 Å². The van der Waals surface area contributed by atoms with Gasteiger partial charge in [0.15, 0.2) is 0 Å². The molecule has 1 aromatic heterocycles. The maximum atomic E-state index is 5.93. The summed E-state index contributed by atoms with van der Waals surface area (Å²) in [7, 11) is 0. The maximum Gasteiger partial charge on any atom is 0.123 e. The first-order valence-electron chi connectivity index (χ1n) is 5.69. The molecule has 0 fully saturated rings. The molecule has 2 aromatic rings. The monoisotopic (exact) mass is 247 g/mol. The minimum Gasteiger partial charge on any atom is -0.341 e. The SMILES string of the molecule is CC[C@@H](N)c1ncc(-c2ccc(SC)cc2)[nH]1. The van der Waals surface area contributed by atoms with Gasteiger partial charge in [0, 0.05) is 4.90 Å². The van der Waals surface area contributed by atoms with Crippen LogP contribution >= 0.6 is 11.8 Å². The van der Waals surface area contributed by atoms with Gasteiger partial charge in [-0.2, -0.15) is 0 Å². The molecule has 0 unspecified atom stereocenters. The quantitative estimate of drug-likeness (QED) is 0.816. The highest BCUT2D eigenvalue weighted by Crippen LogP contribution is 2.22. The van der Waals surface area contributed by atoms with Gasteiger partial charge in [-0.25, -0.2) is 4.98 Å². The third-order valence-corrected chi connectivity index (χ3v) is 3.53. The maximum absolute atomic E-state index is 5.93. The highest BCUT2D eigenvalue weighted by molar-refractivity contribution is 7.98. The van der Waals surface area contributed by atoms with Crippen molar-refractivity contribution < 1.29 is 0 Å². The van der Waals surface area contributed by atoms with E-state index in [0.29, 0.717) is 0 Å². The molecule has 0 saturated carbocycles. The van der Waals surface area contributed by atoms with Crippen molar-refractivity contribution in [1.29, 1.82) is 0 Å². The van der Waals surface area contributed by atoms with Crippen molar-refractivity contribution in [3.63, 3.8) is 0 Å². The van der Waals surface area contributed by atoms with E-state index < -0.39 is 0 Å². The number of benzene rings is 1. The summed E-state index contributed by atoms with van der Waals surface area (Å²) in [5, 5.41) is 0. The van der Waals surface area contributed by atoms with Crippen molar-refractivity contribution in [3.05, 3.63) is 36.3 Å². The summed E-state index contributed by atoms with van der Waals surface area (Å²) in [4.78, 5) is 8.86. The molecule has 2 rings (SSSR count). The highest BCUT2D eigenvalue weighted by Gasteiger charge is 2.08. The molecule has 4 heteroatoms. The van der Waals surface area contributed by atoms with Crippen molar-refractivity contribution in [2.24, 2.45) is 5.73 Å². The predicted molar refractivity (Wildman–Crippen MR) is 73.0 cm³/mol. The van der Waals surface area contributed by atoms with E-state index in [-0.39, 0.29) is 6.04 Å². The number of nitrogens with two attached hydrogens (primary N) is 1. The Kier molecular flexibility index (Phi) is 3.86. The van der Waals surface area contributed by atoms with Crippen molar-refractivity contribution >= 4 is 11.8 Å². The molecule has 90 valence electrons. The number of nitrogens with one attached hydrogen (secondary N) is 1. The number of H-pyrrole nitrogens is 1. The summed E-state index contributed by atoms with van der Waals surface area (Å²) in [6.45, 7) is 2.06. The minimum absolute atomic E-state index is 0.00535. The zero-order chi connectivity index (χ0) is 12.3. The van der Waals surface area contributed by atoms with Crippen LogP contribution in [0.3, 0.4) is 0 Å². The van der Waals surface area contributed by atoms with Gasteiger partial charge in [-0.15, -0.1) is 11.8 Å². The number of hydrogen-bond acceptors (Lipinski definition) is 3. The van der Waals surface area contributed by atoms with Gasteiger partial charge in [0.25, 0.3) is 0 Å². The molecule has 1 aromatic carbocycles. The van der Waals surface area contributed by atoms with Crippen LogP contribution in [0.2, 0.25) is 0 Å². The van der Waals surface area contributed by atoms with Crippen LogP contribution in [-0.4, -0.2) is 16.2 Å². The fourth-order valence-corrected chi connectivity index (χ4v) is 2.04. The Morgan fingerprint density at radius 1 is 1.35 bits per heavy atom. The van der Waals surface area contributed by atoms with Crippen LogP contribution in [-0.2, 0) is 0 Å².